The molecule has 0 aromatic carbocycles. The number of hydrogen-bond acceptors (Lipinski definition) is 5. The van der Waals surface area contributed by atoms with Gasteiger partial charge in [0.05, 0.1) is 23.7 Å². The van der Waals surface area contributed by atoms with Gasteiger partial charge in [0.25, 0.3) is 5.91 Å². The van der Waals surface area contributed by atoms with Crippen LogP contribution in [0.3, 0.4) is 0 Å². The van der Waals surface area contributed by atoms with Crippen LogP contribution in [0, 0.1) is 0 Å². The van der Waals surface area contributed by atoms with Gasteiger partial charge in [-0.1, -0.05) is 6.07 Å². The maximum Gasteiger partial charge on any atom is 0.264 e. The zero-order valence-electron chi connectivity index (χ0n) is 12.6. The van der Waals surface area contributed by atoms with E-state index in [0.29, 0.717) is 13.2 Å². The fourth-order valence-electron chi connectivity index (χ4n) is 3.43. The van der Waals surface area contributed by atoms with Gasteiger partial charge in [0.2, 0.25) is 0 Å². The molecule has 2 aliphatic rings. The molecule has 0 unspecified atom stereocenters. The second-order valence-corrected chi connectivity index (χ2v) is 6.75. The van der Waals surface area contributed by atoms with Crippen LogP contribution in [0.15, 0.2) is 42.0 Å². The third kappa shape index (κ3) is 2.84. The number of carbonyl (C=O) groups is 1. The predicted octanol–water partition coefficient (Wildman–Crippen LogP) is 2.59. The molecule has 120 valence electrons. The van der Waals surface area contributed by atoms with Crippen molar-refractivity contribution in [3.8, 4) is 5.75 Å². The Bertz CT molecular complexity index is 662. The van der Waals surface area contributed by atoms with Crippen molar-refractivity contribution in [2.75, 3.05) is 13.2 Å². The van der Waals surface area contributed by atoms with E-state index in [2.05, 4.69) is 4.98 Å². The Labute approximate surface area is 138 Å². The van der Waals surface area contributed by atoms with Gasteiger partial charge in [-0.15, -0.1) is 11.3 Å². The molecule has 3 heterocycles. The van der Waals surface area contributed by atoms with Crippen LogP contribution in [0.5, 0.6) is 5.75 Å². The van der Waals surface area contributed by atoms with Crippen molar-refractivity contribution in [1.82, 2.24) is 9.88 Å². The summed E-state index contributed by atoms with van der Waals surface area (Å²) in [6.45, 7) is 1.21. The van der Waals surface area contributed by atoms with E-state index >= 15 is 0 Å². The van der Waals surface area contributed by atoms with Gasteiger partial charge in [0.15, 0.2) is 0 Å². The molecule has 0 radical (unpaired) electrons. The third-order valence-electron chi connectivity index (χ3n) is 4.45. The van der Waals surface area contributed by atoms with Gasteiger partial charge < -0.3 is 14.4 Å². The molecule has 4 rings (SSSR count). The lowest BCUT2D eigenvalue weighted by molar-refractivity contribution is -0.0785. The van der Waals surface area contributed by atoms with Crippen LogP contribution in [0.4, 0.5) is 0 Å². The molecular weight excluding hydrogens is 312 g/mol. The number of thiophene rings is 1. The topological polar surface area (TPSA) is 51.7 Å². The fraction of sp³-hybridized carbons (Fsp3) is 0.412. The molecule has 0 bridgehead atoms. The smallest absolute Gasteiger partial charge is 0.264 e. The van der Waals surface area contributed by atoms with Gasteiger partial charge in [-0.2, -0.15) is 0 Å². The summed E-state index contributed by atoms with van der Waals surface area (Å²) in [7, 11) is 0. The maximum atomic E-state index is 12.7. The van der Waals surface area contributed by atoms with Crippen LogP contribution in [0.2, 0.25) is 0 Å². The molecule has 1 aliphatic carbocycles. The van der Waals surface area contributed by atoms with E-state index in [0.717, 1.165) is 23.5 Å². The number of ether oxygens (including phenoxy) is 2. The summed E-state index contributed by atoms with van der Waals surface area (Å²) in [6, 6.07) is 7.66. The Morgan fingerprint density at radius 3 is 3.09 bits per heavy atom. The van der Waals surface area contributed by atoms with Crippen molar-refractivity contribution in [3.63, 3.8) is 0 Å². The lowest BCUT2D eigenvalue weighted by Gasteiger charge is -2.38. The SMILES string of the molecule is O=C(c1cccs1)N1CCO[C@@H]2[C@@H](Oc3cccnc3)CC[C@H]21. The van der Waals surface area contributed by atoms with Gasteiger partial charge >= 0.3 is 0 Å². The van der Waals surface area contributed by atoms with E-state index in [1.165, 1.54) is 11.3 Å². The van der Waals surface area contributed by atoms with E-state index in [9.17, 15) is 4.79 Å². The summed E-state index contributed by atoms with van der Waals surface area (Å²) in [5.41, 5.74) is 0. The number of aromatic nitrogens is 1. The highest BCUT2D eigenvalue weighted by Crippen LogP contribution is 2.34. The van der Waals surface area contributed by atoms with E-state index in [-0.39, 0.29) is 24.2 Å². The molecule has 0 spiro atoms. The first-order valence-electron chi connectivity index (χ1n) is 7.86. The van der Waals surface area contributed by atoms with Crippen LogP contribution < -0.4 is 4.74 Å². The molecule has 2 aromatic rings. The highest BCUT2D eigenvalue weighted by molar-refractivity contribution is 7.12. The van der Waals surface area contributed by atoms with Gasteiger partial charge in [0.1, 0.15) is 18.0 Å². The average molecular weight is 330 g/mol. The minimum Gasteiger partial charge on any atom is -0.486 e. The summed E-state index contributed by atoms with van der Waals surface area (Å²) >= 11 is 1.49. The van der Waals surface area contributed by atoms with Gasteiger partial charge in [-0.3, -0.25) is 9.78 Å². The number of rotatable bonds is 3. The van der Waals surface area contributed by atoms with Gasteiger partial charge in [0, 0.05) is 12.7 Å². The van der Waals surface area contributed by atoms with Crippen molar-refractivity contribution in [2.45, 2.75) is 31.1 Å². The lowest BCUT2D eigenvalue weighted by Crippen LogP contribution is -2.54. The monoisotopic (exact) mass is 330 g/mol. The van der Waals surface area contributed by atoms with E-state index in [4.69, 9.17) is 9.47 Å². The predicted molar refractivity (Wildman–Crippen MR) is 86.8 cm³/mol. The van der Waals surface area contributed by atoms with Gasteiger partial charge in [-0.25, -0.2) is 0 Å². The summed E-state index contributed by atoms with van der Waals surface area (Å²) in [5, 5.41) is 1.94. The summed E-state index contributed by atoms with van der Waals surface area (Å²) in [6.07, 6.45) is 5.15. The molecule has 1 saturated heterocycles. The van der Waals surface area contributed by atoms with Crippen molar-refractivity contribution >= 4 is 17.2 Å². The Morgan fingerprint density at radius 1 is 1.35 bits per heavy atom. The van der Waals surface area contributed by atoms with Crippen molar-refractivity contribution in [2.24, 2.45) is 0 Å². The number of nitrogens with zero attached hydrogens (tertiary/aromatic N) is 2. The molecule has 0 N–H and O–H groups in total. The first-order valence-corrected chi connectivity index (χ1v) is 8.73. The first-order chi connectivity index (χ1) is 11.3. The molecule has 2 aromatic heterocycles. The van der Waals surface area contributed by atoms with E-state index in [1.54, 1.807) is 12.4 Å². The van der Waals surface area contributed by atoms with E-state index in [1.807, 2.05) is 34.5 Å². The summed E-state index contributed by atoms with van der Waals surface area (Å²) in [5.74, 6) is 0.865. The van der Waals surface area contributed by atoms with Crippen LogP contribution in [0.1, 0.15) is 22.5 Å². The second-order valence-electron chi connectivity index (χ2n) is 5.80. The van der Waals surface area contributed by atoms with Crippen LogP contribution in [0.25, 0.3) is 0 Å². The quantitative estimate of drug-likeness (QED) is 0.868. The van der Waals surface area contributed by atoms with Crippen LogP contribution >= 0.6 is 11.3 Å². The minimum absolute atomic E-state index is 0.0249. The Kier molecular flexibility index (Phi) is 4.01. The van der Waals surface area contributed by atoms with Crippen LogP contribution in [-0.4, -0.2) is 47.2 Å². The Morgan fingerprint density at radius 2 is 2.30 bits per heavy atom. The van der Waals surface area contributed by atoms with E-state index < -0.39 is 0 Å². The normalized spacial score (nSPS) is 26.8. The molecule has 1 saturated carbocycles. The summed E-state index contributed by atoms with van der Waals surface area (Å²) < 4.78 is 12.0. The lowest BCUT2D eigenvalue weighted by atomic mass is 10.1. The Hall–Kier alpha value is -1.92. The molecule has 6 heteroatoms. The molecule has 5 nitrogen and oxygen atoms in total. The average Bonchev–Trinajstić information content (AvgIpc) is 3.25. The summed E-state index contributed by atoms with van der Waals surface area (Å²) in [4.78, 5) is 19.5. The standard InChI is InChI=1S/C17H18N2O3S/c20-17(15-4-2-10-23-15)19-8-9-21-16-13(19)5-6-14(16)22-12-3-1-7-18-11-12/h1-4,7,10-11,13-14,16H,5-6,8-9H2/t13-,14+,16+/m1/s1. The fourth-order valence-corrected chi connectivity index (χ4v) is 4.11. The second kappa shape index (κ2) is 6.29. The highest BCUT2D eigenvalue weighted by Gasteiger charge is 2.45. The van der Waals surface area contributed by atoms with Crippen molar-refractivity contribution in [3.05, 3.63) is 46.9 Å². The number of carbonyl (C=O) groups excluding carboxylic acids is 1. The highest BCUT2D eigenvalue weighted by atomic mass is 32.1. The number of pyridine rings is 1. The molecule has 3 atom stereocenters. The number of fused-ring (bicyclic) bond motifs is 1. The van der Waals surface area contributed by atoms with Crippen LogP contribution in [-0.2, 0) is 4.74 Å². The first kappa shape index (κ1) is 14.7. The minimum atomic E-state index is -0.0622. The zero-order valence-corrected chi connectivity index (χ0v) is 13.4. The van der Waals surface area contributed by atoms with Gasteiger partial charge in [-0.05, 0) is 36.4 Å². The maximum absolute atomic E-state index is 12.7. The molecule has 1 aliphatic heterocycles. The molecule has 23 heavy (non-hydrogen) atoms. The molecule has 1 amide bonds. The molecular formula is C17H18N2O3S. The zero-order chi connectivity index (χ0) is 15.6. The number of hydrogen-bond donors (Lipinski definition) is 0. The van der Waals surface area contributed by atoms with Crippen molar-refractivity contribution in [1.29, 1.82) is 0 Å². The largest absolute Gasteiger partial charge is 0.486 e. The number of morpholine rings is 1. The molecule has 2 fully saturated rings. The Balaban J connectivity index is 1.49. The number of amides is 1. The third-order valence-corrected chi connectivity index (χ3v) is 5.31. The van der Waals surface area contributed by atoms with Crippen molar-refractivity contribution < 1.29 is 14.3 Å².